The first-order chi connectivity index (χ1) is 11.4. The molecule has 1 fully saturated rings. The standard InChI is InChI=1S/C20H21FN2.ClH/c21-14-19(23-11-9-22-10-12-23)20-17-7-3-1-5-15(17)13-16-6-2-4-8-18(16)20;/h1-8,13,19,22H,9-12,14H2;1H/t19-;/m0./s1. The van der Waals surface area contributed by atoms with Gasteiger partial charge in [0.15, 0.2) is 0 Å². The molecule has 1 N–H and O–H groups in total. The minimum atomic E-state index is -0.349. The second-order valence-electron chi connectivity index (χ2n) is 6.19. The van der Waals surface area contributed by atoms with Crippen LogP contribution in [0.5, 0.6) is 0 Å². The van der Waals surface area contributed by atoms with E-state index in [2.05, 4.69) is 52.7 Å². The predicted molar refractivity (Wildman–Crippen MR) is 102 cm³/mol. The van der Waals surface area contributed by atoms with E-state index in [0.717, 1.165) is 31.7 Å². The quantitative estimate of drug-likeness (QED) is 0.711. The highest BCUT2D eigenvalue weighted by Crippen LogP contribution is 2.35. The lowest BCUT2D eigenvalue weighted by atomic mass is 9.91. The molecule has 1 heterocycles. The summed E-state index contributed by atoms with van der Waals surface area (Å²) < 4.78 is 14.1. The smallest absolute Gasteiger partial charge is 0.109 e. The molecule has 1 saturated heterocycles. The van der Waals surface area contributed by atoms with Gasteiger partial charge in [-0.05, 0) is 33.2 Å². The number of hydrogen-bond acceptors (Lipinski definition) is 2. The molecule has 0 bridgehead atoms. The van der Waals surface area contributed by atoms with Gasteiger partial charge in [-0.1, -0.05) is 48.5 Å². The van der Waals surface area contributed by atoms with Crippen LogP contribution in [-0.2, 0) is 0 Å². The number of rotatable bonds is 3. The molecule has 0 amide bonds. The van der Waals surface area contributed by atoms with Crippen molar-refractivity contribution < 1.29 is 4.39 Å². The summed E-state index contributed by atoms with van der Waals surface area (Å²) in [6.07, 6.45) is 0. The summed E-state index contributed by atoms with van der Waals surface area (Å²) in [5.74, 6) is 0. The van der Waals surface area contributed by atoms with E-state index in [-0.39, 0.29) is 25.1 Å². The van der Waals surface area contributed by atoms with E-state index in [1.54, 1.807) is 0 Å². The second kappa shape index (κ2) is 7.47. The van der Waals surface area contributed by atoms with Gasteiger partial charge in [-0.2, -0.15) is 0 Å². The Labute approximate surface area is 148 Å². The lowest BCUT2D eigenvalue weighted by Gasteiger charge is -2.34. The highest BCUT2D eigenvalue weighted by Gasteiger charge is 2.25. The minimum Gasteiger partial charge on any atom is -0.314 e. The fourth-order valence-corrected chi connectivity index (χ4v) is 3.76. The number of alkyl halides is 1. The van der Waals surface area contributed by atoms with Crippen LogP contribution in [0.15, 0.2) is 54.6 Å². The zero-order valence-corrected chi connectivity index (χ0v) is 14.4. The molecule has 3 aromatic carbocycles. The normalized spacial score (nSPS) is 16.9. The lowest BCUT2D eigenvalue weighted by molar-refractivity contribution is 0.149. The van der Waals surface area contributed by atoms with E-state index in [4.69, 9.17) is 0 Å². The molecule has 0 spiro atoms. The van der Waals surface area contributed by atoms with Crippen molar-refractivity contribution in [1.82, 2.24) is 10.2 Å². The van der Waals surface area contributed by atoms with Crippen molar-refractivity contribution in [1.29, 1.82) is 0 Å². The van der Waals surface area contributed by atoms with Gasteiger partial charge in [0.2, 0.25) is 0 Å². The van der Waals surface area contributed by atoms with E-state index >= 15 is 0 Å². The maximum atomic E-state index is 14.1. The van der Waals surface area contributed by atoms with Gasteiger partial charge in [0.05, 0.1) is 6.04 Å². The van der Waals surface area contributed by atoms with Crippen molar-refractivity contribution in [2.24, 2.45) is 0 Å². The summed E-state index contributed by atoms with van der Waals surface area (Å²) in [5.41, 5.74) is 1.14. The van der Waals surface area contributed by atoms with Gasteiger partial charge < -0.3 is 5.32 Å². The van der Waals surface area contributed by atoms with E-state index in [1.165, 1.54) is 21.5 Å². The molecule has 0 radical (unpaired) electrons. The Kier molecular flexibility index (Phi) is 5.34. The largest absolute Gasteiger partial charge is 0.314 e. The van der Waals surface area contributed by atoms with Crippen molar-refractivity contribution in [2.45, 2.75) is 6.04 Å². The van der Waals surface area contributed by atoms with Gasteiger partial charge in [0.25, 0.3) is 0 Å². The number of nitrogens with one attached hydrogen (secondary N) is 1. The molecule has 0 aromatic heterocycles. The highest BCUT2D eigenvalue weighted by molar-refractivity contribution is 6.02. The molecular weight excluding hydrogens is 323 g/mol. The van der Waals surface area contributed by atoms with Crippen molar-refractivity contribution in [3.63, 3.8) is 0 Å². The summed E-state index contributed by atoms with van der Waals surface area (Å²) in [6, 6.07) is 18.7. The number of halogens is 2. The van der Waals surface area contributed by atoms with E-state index in [1.807, 2.05) is 12.1 Å². The SMILES string of the molecule is Cl.FC[C@@H](c1c2ccccc2cc2ccccc12)N1CCNCC1. The molecule has 24 heavy (non-hydrogen) atoms. The molecule has 0 aliphatic carbocycles. The summed E-state index contributed by atoms with van der Waals surface area (Å²) in [5, 5.41) is 8.08. The topological polar surface area (TPSA) is 15.3 Å². The van der Waals surface area contributed by atoms with Gasteiger partial charge in [0.1, 0.15) is 6.67 Å². The molecule has 1 aliphatic rings. The molecule has 4 rings (SSSR count). The average molecular weight is 345 g/mol. The lowest BCUT2D eigenvalue weighted by Crippen LogP contribution is -2.45. The van der Waals surface area contributed by atoms with Crippen LogP contribution in [0.2, 0.25) is 0 Å². The average Bonchev–Trinajstić information content (AvgIpc) is 2.62. The Morgan fingerprint density at radius 3 is 2.00 bits per heavy atom. The Hall–Kier alpha value is -1.68. The van der Waals surface area contributed by atoms with E-state index in [9.17, 15) is 4.39 Å². The molecule has 2 nitrogen and oxygen atoms in total. The van der Waals surface area contributed by atoms with Gasteiger partial charge >= 0.3 is 0 Å². The van der Waals surface area contributed by atoms with Gasteiger partial charge in [-0.25, -0.2) is 4.39 Å². The zero-order chi connectivity index (χ0) is 15.6. The third-order valence-corrected chi connectivity index (χ3v) is 4.88. The van der Waals surface area contributed by atoms with Gasteiger partial charge in [-0.15, -0.1) is 12.4 Å². The fourth-order valence-electron chi connectivity index (χ4n) is 3.76. The maximum Gasteiger partial charge on any atom is 0.109 e. The molecule has 0 saturated carbocycles. The molecule has 3 aromatic rings. The summed E-state index contributed by atoms with van der Waals surface area (Å²) in [6.45, 7) is 3.30. The van der Waals surface area contributed by atoms with Crippen molar-refractivity contribution in [2.75, 3.05) is 32.9 Å². The van der Waals surface area contributed by atoms with E-state index in [0.29, 0.717) is 0 Å². The van der Waals surface area contributed by atoms with E-state index < -0.39 is 0 Å². The molecule has 1 aliphatic heterocycles. The monoisotopic (exact) mass is 344 g/mol. The molecule has 126 valence electrons. The first-order valence-corrected chi connectivity index (χ1v) is 8.29. The Balaban J connectivity index is 0.00000169. The van der Waals surface area contributed by atoms with Crippen LogP contribution in [0.1, 0.15) is 11.6 Å². The molecule has 1 atom stereocenters. The molecular formula is C20H22ClFN2. The van der Waals surface area contributed by atoms with Crippen molar-refractivity contribution in [3.8, 4) is 0 Å². The Bertz CT molecular complexity index is 776. The van der Waals surface area contributed by atoms with Gasteiger partial charge in [0, 0.05) is 26.2 Å². The van der Waals surface area contributed by atoms with Crippen molar-refractivity contribution >= 4 is 34.0 Å². The van der Waals surface area contributed by atoms with Crippen LogP contribution >= 0.6 is 12.4 Å². The Morgan fingerprint density at radius 2 is 1.46 bits per heavy atom. The minimum absolute atomic E-state index is 0. The second-order valence-corrected chi connectivity index (χ2v) is 6.19. The molecule has 4 heteroatoms. The first-order valence-electron chi connectivity index (χ1n) is 8.29. The molecule has 0 unspecified atom stereocenters. The predicted octanol–water partition coefficient (Wildman–Crippen LogP) is 4.33. The van der Waals surface area contributed by atoms with Crippen LogP contribution in [-0.4, -0.2) is 37.8 Å². The number of hydrogen-bond donors (Lipinski definition) is 1. The maximum absolute atomic E-state index is 14.1. The van der Waals surface area contributed by atoms with Crippen molar-refractivity contribution in [3.05, 3.63) is 60.2 Å². The zero-order valence-electron chi connectivity index (χ0n) is 13.5. The third-order valence-electron chi connectivity index (χ3n) is 4.88. The number of fused-ring (bicyclic) bond motifs is 2. The summed E-state index contributed by atoms with van der Waals surface area (Å²) >= 11 is 0. The van der Waals surface area contributed by atoms with Crippen LogP contribution in [0.4, 0.5) is 4.39 Å². The van der Waals surface area contributed by atoms with Crippen LogP contribution in [0.25, 0.3) is 21.5 Å². The summed E-state index contributed by atoms with van der Waals surface area (Å²) in [4.78, 5) is 2.28. The first kappa shape index (κ1) is 17.2. The van der Waals surface area contributed by atoms with Gasteiger partial charge in [-0.3, -0.25) is 4.90 Å². The highest BCUT2D eigenvalue weighted by atomic mass is 35.5. The van der Waals surface area contributed by atoms with Crippen LogP contribution in [0.3, 0.4) is 0 Å². The number of piperazine rings is 1. The number of nitrogens with zero attached hydrogens (tertiary/aromatic N) is 1. The summed E-state index contributed by atoms with van der Waals surface area (Å²) in [7, 11) is 0. The third kappa shape index (κ3) is 3.00. The van der Waals surface area contributed by atoms with Crippen LogP contribution < -0.4 is 5.32 Å². The fraction of sp³-hybridized carbons (Fsp3) is 0.300. The number of benzene rings is 3. The Morgan fingerprint density at radius 1 is 0.917 bits per heavy atom. The van der Waals surface area contributed by atoms with Crippen LogP contribution in [0, 0.1) is 0 Å².